The first-order chi connectivity index (χ1) is 9.58. The topological polar surface area (TPSA) is 73.8 Å². The van der Waals surface area contributed by atoms with Gasteiger partial charge >= 0.3 is 12.1 Å². The molecular formula is C13H26N4O2S. The number of amidine groups is 1. The molecule has 0 unspecified atom stereocenters. The highest BCUT2D eigenvalue weighted by molar-refractivity contribution is 8.13. The zero-order chi connectivity index (χ0) is 15.4. The quantitative estimate of drug-likeness (QED) is 0.585. The Morgan fingerprint density at radius 3 is 2.10 bits per heavy atom. The molecule has 0 aliphatic heterocycles. The maximum absolute atomic E-state index is 12.1. The zero-order valence-corrected chi connectivity index (χ0v) is 13.7. The van der Waals surface area contributed by atoms with Crippen molar-refractivity contribution in [1.82, 2.24) is 15.5 Å². The summed E-state index contributed by atoms with van der Waals surface area (Å²) >= 11 is 1.24. The number of unbranched alkanes of at least 4 members (excludes halogenated alkanes) is 2. The fourth-order valence-corrected chi connectivity index (χ4v) is 1.81. The van der Waals surface area contributed by atoms with Crippen LogP contribution in [0.5, 0.6) is 0 Å². The SMILES string of the molecule is CCCCN(CCCC)C(=O)N=C(NC(=O)NC)SC. The lowest BCUT2D eigenvalue weighted by molar-refractivity contribution is 0.206. The Bertz CT molecular complexity index is 326. The molecule has 0 radical (unpaired) electrons. The molecule has 0 aliphatic carbocycles. The van der Waals surface area contributed by atoms with Crippen molar-refractivity contribution < 1.29 is 9.59 Å². The minimum atomic E-state index is -0.375. The van der Waals surface area contributed by atoms with E-state index < -0.39 is 0 Å². The molecule has 0 saturated heterocycles. The summed E-state index contributed by atoms with van der Waals surface area (Å²) in [7, 11) is 1.52. The Balaban J connectivity index is 4.69. The molecule has 7 heteroatoms. The van der Waals surface area contributed by atoms with E-state index in [1.807, 2.05) is 0 Å². The van der Waals surface area contributed by atoms with Gasteiger partial charge in [0.1, 0.15) is 0 Å². The van der Waals surface area contributed by atoms with Crippen molar-refractivity contribution in [3.05, 3.63) is 0 Å². The highest BCUT2D eigenvalue weighted by Gasteiger charge is 2.13. The predicted octanol–water partition coefficient (Wildman–Crippen LogP) is 2.66. The molecule has 0 rings (SSSR count). The molecule has 0 atom stereocenters. The number of nitrogens with zero attached hydrogens (tertiary/aromatic N) is 2. The van der Waals surface area contributed by atoms with Crippen molar-refractivity contribution in [2.45, 2.75) is 39.5 Å². The second-order valence-corrected chi connectivity index (χ2v) is 5.10. The normalized spacial score (nSPS) is 11.1. The Morgan fingerprint density at radius 1 is 1.15 bits per heavy atom. The number of amides is 4. The van der Waals surface area contributed by atoms with Crippen LogP contribution < -0.4 is 10.6 Å². The Kier molecular flexibility index (Phi) is 10.9. The molecule has 116 valence electrons. The van der Waals surface area contributed by atoms with E-state index in [0.29, 0.717) is 18.3 Å². The molecule has 0 spiro atoms. The maximum Gasteiger partial charge on any atom is 0.345 e. The lowest BCUT2D eigenvalue weighted by Gasteiger charge is -2.20. The minimum absolute atomic E-state index is 0.285. The molecule has 0 aliphatic rings. The van der Waals surface area contributed by atoms with Gasteiger partial charge in [-0.15, -0.1) is 0 Å². The van der Waals surface area contributed by atoms with Crippen molar-refractivity contribution in [1.29, 1.82) is 0 Å². The molecule has 0 aromatic heterocycles. The second kappa shape index (κ2) is 11.6. The van der Waals surface area contributed by atoms with Crippen molar-refractivity contribution in [3.8, 4) is 0 Å². The molecule has 20 heavy (non-hydrogen) atoms. The molecule has 0 bridgehead atoms. The van der Waals surface area contributed by atoms with E-state index >= 15 is 0 Å². The molecule has 0 saturated carbocycles. The summed E-state index contributed by atoms with van der Waals surface area (Å²) in [4.78, 5) is 29.1. The average Bonchev–Trinajstić information content (AvgIpc) is 2.46. The maximum atomic E-state index is 12.1. The van der Waals surface area contributed by atoms with Crippen LogP contribution in [0.4, 0.5) is 9.59 Å². The number of hydrogen-bond donors (Lipinski definition) is 2. The standard InChI is InChI=1S/C13H26N4O2S/c1-5-7-9-17(10-8-6-2)13(19)16-12(20-4)15-11(18)14-3/h5-10H2,1-4H3,(H2,14,15,16,18,19). The van der Waals surface area contributed by atoms with E-state index in [-0.39, 0.29) is 12.1 Å². The number of carbonyl (C=O) groups is 2. The number of hydrogen-bond acceptors (Lipinski definition) is 3. The van der Waals surface area contributed by atoms with Gasteiger partial charge in [-0.1, -0.05) is 38.5 Å². The van der Waals surface area contributed by atoms with Crippen LogP contribution in [0, 0.1) is 0 Å². The molecule has 6 nitrogen and oxygen atoms in total. The third-order valence-corrected chi connectivity index (χ3v) is 3.25. The van der Waals surface area contributed by atoms with Crippen LogP contribution in [-0.4, -0.2) is 48.5 Å². The van der Waals surface area contributed by atoms with E-state index in [0.717, 1.165) is 25.7 Å². The Morgan fingerprint density at radius 2 is 1.70 bits per heavy atom. The summed E-state index contributed by atoms with van der Waals surface area (Å²) < 4.78 is 0. The van der Waals surface area contributed by atoms with E-state index in [2.05, 4.69) is 29.5 Å². The van der Waals surface area contributed by atoms with Crippen molar-refractivity contribution in [2.24, 2.45) is 4.99 Å². The molecular weight excluding hydrogens is 276 g/mol. The van der Waals surface area contributed by atoms with Gasteiger partial charge in [0.2, 0.25) is 0 Å². The van der Waals surface area contributed by atoms with Crippen LogP contribution in [0.2, 0.25) is 0 Å². The smallest absolute Gasteiger partial charge is 0.341 e. The van der Waals surface area contributed by atoms with Crippen molar-refractivity contribution >= 4 is 29.0 Å². The number of rotatable bonds is 6. The lowest BCUT2D eigenvalue weighted by Crippen LogP contribution is -2.38. The molecule has 0 aromatic carbocycles. The van der Waals surface area contributed by atoms with Crippen molar-refractivity contribution in [3.63, 3.8) is 0 Å². The van der Waals surface area contributed by atoms with Crippen molar-refractivity contribution in [2.75, 3.05) is 26.4 Å². The average molecular weight is 302 g/mol. The first-order valence-electron chi connectivity index (χ1n) is 6.99. The highest BCUT2D eigenvalue weighted by atomic mass is 32.2. The number of thioether (sulfide) groups is 1. The number of aliphatic imine (C=N–C) groups is 1. The first-order valence-corrected chi connectivity index (χ1v) is 8.21. The van der Waals surface area contributed by atoms with Gasteiger partial charge in [0.25, 0.3) is 0 Å². The third kappa shape index (κ3) is 8.04. The van der Waals surface area contributed by atoms with E-state index in [4.69, 9.17) is 0 Å². The van der Waals surface area contributed by atoms with E-state index in [1.165, 1.54) is 18.8 Å². The van der Waals surface area contributed by atoms with Gasteiger partial charge in [-0.05, 0) is 19.1 Å². The van der Waals surface area contributed by atoms with Gasteiger partial charge in [0.05, 0.1) is 0 Å². The molecule has 0 aromatic rings. The molecule has 2 N–H and O–H groups in total. The third-order valence-electron chi connectivity index (χ3n) is 2.67. The van der Waals surface area contributed by atoms with Crippen LogP contribution >= 0.6 is 11.8 Å². The van der Waals surface area contributed by atoms with E-state index in [1.54, 1.807) is 11.2 Å². The molecule has 0 fully saturated rings. The molecule has 0 heterocycles. The summed E-state index contributed by atoms with van der Waals surface area (Å²) in [5.74, 6) is 0. The van der Waals surface area contributed by atoms with Crippen LogP contribution in [0.15, 0.2) is 4.99 Å². The van der Waals surface area contributed by atoms with E-state index in [9.17, 15) is 9.59 Å². The fraction of sp³-hybridized carbons (Fsp3) is 0.769. The van der Waals surface area contributed by atoms with Gasteiger partial charge in [-0.25, -0.2) is 9.59 Å². The van der Waals surface area contributed by atoms with Gasteiger partial charge in [-0.2, -0.15) is 4.99 Å². The second-order valence-electron chi connectivity index (χ2n) is 4.30. The Labute approximate surface area is 125 Å². The fourth-order valence-electron chi connectivity index (χ4n) is 1.44. The molecule has 4 amide bonds. The number of carbonyl (C=O) groups excluding carboxylic acids is 2. The first kappa shape index (κ1) is 18.8. The van der Waals surface area contributed by atoms with Gasteiger partial charge in [0, 0.05) is 20.1 Å². The van der Waals surface area contributed by atoms with Crippen LogP contribution in [-0.2, 0) is 0 Å². The van der Waals surface area contributed by atoms with Crippen LogP contribution in [0.25, 0.3) is 0 Å². The number of nitrogens with one attached hydrogen (secondary N) is 2. The van der Waals surface area contributed by atoms with Gasteiger partial charge in [0.15, 0.2) is 5.17 Å². The summed E-state index contributed by atoms with van der Waals surface area (Å²) in [6.07, 6.45) is 5.76. The predicted molar refractivity (Wildman–Crippen MR) is 85.3 cm³/mol. The van der Waals surface area contributed by atoms with Gasteiger partial charge in [-0.3, -0.25) is 5.32 Å². The monoisotopic (exact) mass is 302 g/mol. The zero-order valence-electron chi connectivity index (χ0n) is 12.9. The summed E-state index contributed by atoms with van der Waals surface area (Å²) in [5.41, 5.74) is 0. The van der Waals surface area contributed by atoms with Gasteiger partial charge < -0.3 is 10.2 Å². The largest absolute Gasteiger partial charge is 0.345 e. The highest BCUT2D eigenvalue weighted by Crippen LogP contribution is 2.04. The van der Waals surface area contributed by atoms with Crippen LogP contribution in [0.1, 0.15) is 39.5 Å². The summed E-state index contributed by atoms with van der Waals surface area (Å²) in [6, 6.07) is -0.660. The summed E-state index contributed by atoms with van der Waals surface area (Å²) in [6.45, 7) is 5.60. The minimum Gasteiger partial charge on any atom is -0.341 e. The lowest BCUT2D eigenvalue weighted by atomic mass is 10.3. The Hall–Kier alpha value is -1.24. The summed E-state index contributed by atoms with van der Waals surface area (Å²) in [5, 5.41) is 5.27. The number of urea groups is 2. The van der Waals surface area contributed by atoms with Crippen LogP contribution in [0.3, 0.4) is 0 Å².